The van der Waals surface area contributed by atoms with Crippen LogP contribution in [0.1, 0.15) is 19.8 Å². The molecule has 2 rings (SSSR count). The Morgan fingerprint density at radius 1 is 1.53 bits per heavy atom. The van der Waals surface area contributed by atoms with Gasteiger partial charge in [0.1, 0.15) is 5.01 Å². The van der Waals surface area contributed by atoms with E-state index >= 15 is 0 Å². The van der Waals surface area contributed by atoms with Gasteiger partial charge < -0.3 is 5.73 Å². The van der Waals surface area contributed by atoms with Crippen LogP contribution in [0.25, 0.3) is 10.6 Å². The maximum atomic E-state index is 11.7. The van der Waals surface area contributed by atoms with E-state index in [1.807, 2.05) is 23.8 Å². The lowest BCUT2D eigenvalue weighted by molar-refractivity contribution is -0.117. The molecule has 0 aliphatic carbocycles. The Balaban J connectivity index is 0.00000180. The zero-order valence-corrected chi connectivity index (χ0v) is 12.8. The van der Waals surface area contributed by atoms with Gasteiger partial charge in [-0.2, -0.15) is 11.3 Å². The fourth-order valence-electron chi connectivity index (χ4n) is 1.42. The van der Waals surface area contributed by atoms with Gasteiger partial charge in [0.25, 0.3) is 0 Å². The molecule has 3 N–H and O–H groups in total. The Morgan fingerprint density at radius 2 is 2.32 bits per heavy atom. The fourth-order valence-corrected chi connectivity index (χ4v) is 2.87. The van der Waals surface area contributed by atoms with Crippen molar-refractivity contribution >= 4 is 46.1 Å². The molecule has 2 aromatic heterocycles. The zero-order valence-electron chi connectivity index (χ0n) is 10.3. The number of hydrogen-bond acceptors (Lipinski definition) is 6. The summed E-state index contributed by atoms with van der Waals surface area (Å²) in [6, 6.07) is 1.49. The zero-order chi connectivity index (χ0) is 13.0. The molecule has 0 saturated heterocycles. The van der Waals surface area contributed by atoms with Gasteiger partial charge in [0.15, 0.2) is 0 Å². The minimum atomic E-state index is -0.483. The van der Waals surface area contributed by atoms with Crippen LogP contribution in [-0.2, 0) is 4.79 Å². The predicted molar refractivity (Wildman–Crippen MR) is 82.0 cm³/mol. The standard InChI is InChI=1S/C11H14N4OS2.ClH/c1-2-3-8(12)9(16)13-11-15-14-10(18-11)7-4-5-17-6-7;/h4-6,8H,2-3,12H2,1H3,(H,13,15,16);1H. The molecule has 0 radical (unpaired) electrons. The summed E-state index contributed by atoms with van der Waals surface area (Å²) in [5.41, 5.74) is 6.75. The van der Waals surface area contributed by atoms with Crippen molar-refractivity contribution in [2.75, 3.05) is 5.32 Å². The molecule has 19 heavy (non-hydrogen) atoms. The summed E-state index contributed by atoms with van der Waals surface area (Å²) in [5.74, 6) is -0.204. The number of thiophene rings is 1. The van der Waals surface area contributed by atoms with E-state index < -0.39 is 6.04 Å². The first-order valence-corrected chi connectivity index (χ1v) is 7.39. The molecule has 2 heterocycles. The smallest absolute Gasteiger partial charge is 0.243 e. The van der Waals surface area contributed by atoms with Gasteiger partial charge in [-0.05, 0) is 17.9 Å². The predicted octanol–water partition coefficient (Wildman–Crippen LogP) is 2.75. The van der Waals surface area contributed by atoms with Crippen molar-refractivity contribution < 1.29 is 4.79 Å². The molecule has 5 nitrogen and oxygen atoms in total. The summed E-state index contributed by atoms with van der Waals surface area (Å²) in [5, 5.41) is 15.9. The average Bonchev–Trinajstić information content (AvgIpc) is 2.98. The number of hydrogen-bond donors (Lipinski definition) is 2. The van der Waals surface area contributed by atoms with Gasteiger partial charge in [-0.25, -0.2) is 0 Å². The van der Waals surface area contributed by atoms with Gasteiger partial charge in [-0.15, -0.1) is 22.6 Å². The van der Waals surface area contributed by atoms with Crippen molar-refractivity contribution in [2.45, 2.75) is 25.8 Å². The molecule has 1 amide bonds. The van der Waals surface area contributed by atoms with Crippen LogP contribution in [-0.4, -0.2) is 22.1 Å². The number of nitrogens with two attached hydrogens (primary N) is 1. The summed E-state index contributed by atoms with van der Waals surface area (Å²) in [6.45, 7) is 1.99. The lowest BCUT2D eigenvalue weighted by Gasteiger charge is -2.08. The first-order valence-electron chi connectivity index (χ1n) is 5.63. The molecule has 1 atom stereocenters. The first kappa shape index (κ1) is 16.0. The van der Waals surface area contributed by atoms with Crippen LogP contribution >= 0.6 is 35.1 Å². The van der Waals surface area contributed by atoms with Crippen molar-refractivity contribution in [3.63, 3.8) is 0 Å². The van der Waals surface area contributed by atoms with E-state index in [0.29, 0.717) is 11.6 Å². The summed E-state index contributed by atoms with van der Waals surface area (Å²) in [7, 11) is 0. The molecule has 0 bridgehead atoms. The number of rotatable bonds is 5. The number of aromatic nitrogens is 2. The number of nitrogens with one attached hydrogen (secondary N) is 1. The van der Waals surface area contributed by atoms with Gasteiger partial charge in [0.2, 0.25) is 11.0 Å². The molecule has 1 unspecified atom stereocenters. The third-order valence-corrected chi connectivity index (χ3v) is 3.93. The van der Waals surface area contributed by atoms with E-state index in [0.717, 1.165) is 17.0 Å². The number of anilines is 1. The Morgan fingerprint density at radius 3 is 2.95 bits per heavy atom. The number of amides is 1. The molecule has 0 aliphatic rings. The molecule has 2 aromatic rings. The molecule has 104 valence electrons. The molecule has 0 aliphatic heterocycles. The van der Waals surface area contributed by atoms with Crippen molar-refractivity contribution in [3.8, 4) is 10.6 Å². The maximum Gasteiger partial charge on any atom is 0.243 e. The highest BCUT2D eigenvalue weighted by atomic mass is 35.5. The van der Waals surface area contributed by atoms with Crippen LogP contribution in [0.3, 0.4) is 0 Å². The lowest BCUT2D eigenvalue weighted by Crippen LogP contribution is -2.35. The number of nitrogens with zero attached hydrogens (tertiary/aromatic N) is 2. The van der Waals surface area contributed by atoms with Crippen molar-refractivity contribution in [3.05, 3.63) is 16.8 Å². The highest BCUT2D eigenvalue weighted by Gasteiger charge is 2.15. The van der Waals surface area contributed by atoms with Crippen LogP contribution in [0.2, 0.25) is 0 Å². The minimum absolute atomic E-state index is 0. The second-order valence-electron chi connectivity index (χ2n) is 3.81. The van der Waals surface area contributed by atoms with Gasteiger partial charge in [0, 0.05) is 10.9 Å². The Labute approximate surface area is 125 Å². The first-order chi connectivity index (χ1) is 8.70. The minimum Gasteiger partial charge on any atom is -0.320 e. The second-order valence-corrected chi connectivity index (χ2v) is 5.57. The van der Waals surface area contributed by atoms with Crippen LogP contribution in [0.5, 0.6) is 0 Å². The number of carbonyl (C=O) groups excluding carboxylic acids is 1. The summed E-state index contributed by atoms with van der Waals surface area (Å²) >= 11 is 2.95. The van der Waals surface area contributed by atoms with Crippen molar-refractivity contribution in [1.29, 1.82) is 0 Å². The summed E-state index contributed by atoms with van der Waals surface area (Å²) in [4.78, 5) is 11.7. The molecular formula is C11H15ClN4OS2. The van der Waals surface area contributed by atoms with E-state index in [4.69, 9.17) is 5.73 Å². The molecule has 8 heteroatoms. The van der Waals surface area contributed by atoms with E-state index in [1.54, 1.807) is 11.3 Å². The van der Waals surface area contributed by atoms with Gasteiger partial charge >= 0.3 is 0 Å². The normalized spacial score (nSPS) is 11.7. The van der Waals surface area contributed by atoms with E-state index in [2.05, 4.69) is 15.5 Å². The molecule has 0 fully saturated rings. The largest absolute Gasteiger partial charge is 0.320 e. The topological polar surface area (TPSA) is 80.9 Å². The molecule has 0 spiro atoms. The second kappa shape index (κ2) is 7.54. The SMILES string of the molecule is CCCC(N)C(=O)Nc1nnc(-c2ccsc2)s1.Cl. The van der Waals surface area contributed by atoms with Crippen LogP contribution in [0.15, 0.2) is 16.8 Å². The number of carbonyl (C=O) groups is 1. The van der Waals surface area contributed by atoms with E-state index in [9.17, 15) is 4.79 Å². The van der Waals surface area contributed by atoms with Gasteiger partial charge in [-0.1, -0.05) is 24.7 Å². The third kappa shape index (κ3) is 4.24. The third-order valence-electron chi connectivity index (χ3n) is 2.36. The van der Waals surface area contributed by atoms with Crippen molar-refractivity contribution in [1.82, 2.24) is 10.2 Å². The molecular weight excluding hydrogens is 304 g/mol. The van der Waals surface area contributed by atoms with Gasteiger partial charge in [0.05, 0.1) is 6.04 Å². The van der Waals surface area contributed by atoms with Gasteiger partial charge in [-0.3, -0.25) is 10.1 Å². The summed E-state index contributed by atoms with van der Waals surface area (Å²) < 4.78 is 0. The van der Waals surface area contributed by atoms with Crippen LogP contribution < -0.4 is 11.1 Å². The molecule has 0 aromatic carbocycles. The number of halogens is 1. The highest BCUT2D eigenvalue weighted by molar-refractivity contribution is 7.19. The Kier molecular flexibility index (Phi) is 6.36. The van der Waals surface area contributed by atoms with E-state index in [1.165, 1.54) is 11.3 Å². The van der Waals surface area contributed by atoms with Crippen LogP contribution in [0.4, 0.5) is 5.13 Å². The monoisotopic (exact) mass is 318 g/mol. The Hall–Kier alpha value is -1.02. The maximum absolute atomic E-state index is 11.7. The Bertz CT molecular complexity index is 515. The van der Waals surface area contributed by atoms with Crippen molar-refractivity contribution in [2.24, 2.45) is 5.73 Å². The molecule has 0 saturated carbocycles. The summed E-state index contributed by atoms with van der Waals surface area (Å²) in [6.07, 6.45) is 1.55. The van der Waals surface area contributed by atoms with E-state index in [-0.39, 0.29) is 18.3 Å². The highest BCUT2D eigenvalue weighted by Crippen LogP contribution is 2.27. The average molecular weight is 319 g/mol. The van der Waals surface area contributed by atoms with Crippen LogP contribution in [0, 0.1) is 0 Å². The quantitative estimate of drug-likeness (QED) is 0.888. The lowest BCUT2D eigenvalue weighted by atomic mass is 10.2. The fraction of sp³-hybridized carbons (Fsp3) is 0.364.